The second kappa shape index (κ2) is 6.88. The van der Waals surface area contributed by atoms with Gasteiger partial charge in [0.05, 0.1) is 0 Å². The highest BCUT2D eigenvalue weighted by Crippen LogP contribution is 2.14. The molecule has 2 aromatic rings. The fraction of sp³-hybridized carbons (Fsp3) is 0.235. The molecule has 3 nitrogen and oxygen atoms in total. The Labute approximate surface area is 124 Å². The molecule has 0 N–H and O–H groups in total. The fourth-order valence-corrected chi connectivity index (χ4v) is 2.01. The Morgan fingerprint density at radius 3 is 2.38 bits per heavy atom. The Kier molecular flexibility index (Phi) is 4.93. The number of rotatable bonds is 5. The maximum absolute atomic E-state index is 12.8. The Balaban J connectivity index is 1.93. The van der Waals surface area contributed by atoms with Crippen molar-refractivity contribution in [3.63, 3.8) is 0 Å². The molecule has 1 unspecified atom stereocenters. The number of likely N-dealkylation sites (N-methyl/N-ethyl adjacent to an activating group) is 1. The summed E-state index contributed by atoms with van der Waals surface area (Å²) in [6.45, 7) is 2.21. The summed E-state index contributed by atoms with van der Waals surface area (Å²) in [5.74, 6) is 0.0241. The van der Waals surface area contributed by atoms with Crippen molar-refractivity contribution in [3.05, 3.63) is 66.0 Å². The Hall–Kier alpha value is -2.36. The summed E-state index contributed by atoms with van der Waals surface area (Å²) < 4.78 is 18.4. The van der Waals surface area contributed by atoms with Crippen molar-refractivity contribution in [2.24, 2.45) is 0 Å². The summed E-state index contributed by atoms with van der Waals surface area (Å²) in [6.07, 6.45) is -0.621. The zero-order valence-electron chi connectivity index (χ0n) is 12.1. The molecule has 0 radical (unpaired) electrons. The number of halogens is 1. The average Bonchev–Trinajstić information content (AvgIpc) is 2.49. The van der Waals surface area contributed by atoms with Gasteiger partial charge in [0.1, 0.15) is 11.6 Å². The predicted molar refractivity (Wildman–Crippen MR) is 79.4 cm³/mol. The number of hydrogen-bond acceptors (Lipinski definition) is 2. The van der Waals surface area contributed by atoms with Gasteiger partial charge in [-0.1, -0.05) is 30.3 Å². The van der Waals surface area contributed by atoms with Crippen LogP contribution in [0.1, 0.15) is 12.5 Å². The lowest BCUT2D eigenvalue weighted by molar-refractivity contribution is -0.137. The van der Waals surface area contributed by atoms with Crippen molar-refractivity contribution >= 4 is 5.91 Å². The molecule has 0 aromatic heterocycles. The van der Waals surface area contributed by atoms with Crippen LogP contribution in [0.3, 0.4) is 0 Å². The molecule has 0 fully saturated rings. The minimum atomic E-state index is -0.621. The third-order valence-corrected chi connectivity index (χ3v) is 3.11. The molecule has 0 spiro atoms. The maximum Gasteiger partial charge on any atom is 0.263 e. The van der Waals surface area contributed by atoms with Gasteiger partial charge < -0.3 is 9.64 Å². The summed E-state index contributed by atoms with van der Waals surface area (Å²) in [5, 5.41) is 0. The molecule has 1 amide bonds. The first-order valence-corrected chi connectivity index (χ1v) is 6.77. The van der Waals surface area contributed by atoms with Crippen LogP contribution < -0.4 is 4.74 Å². The van der Waals surface area contributed by atoms with Crippen molar-refractivity contribution in [2.45, 2.75) is 19.6 Å². The van der Waals surface area contributed by atoms with Crippen LogP contribution in [0.25, 0.3) is 0 Å². The number of carbonyl (C=O) groups excluding carboxylic acids is 1. The normalized spacial score (nSPS) is 11.8. The number of nitrogens with zero attached hydrogens (tertiary/aromatic N) is 1. The SMILES string of the molecule is CC(Oc1ccc(F)cc1)C(=O)N(C)Cc1ccccc1. The zero-order chi connectivity index (χ0) is 15.2. The molecule has 2 aromatic carbocycles. The van der Waals surface area contributed by atoms with Gasteiger partial charge in [0.15, 0.2) is 6.10 Å². The molecule has 0 saturated heterocycles. The van der Waals surface area contributed by atoms with Gasteiger partial charge in [-0.2, -0.15) is 0 Å². The van der Waals surface area contributed by atoms with E-state index in [0.29, 0.717) is 12.3 Å². The topological polar surface area (TPSA) is 29.5 Å². The summed E-state index contributed by atoms with van der Waals surface area (Å²) in [5.41, 5.74) is 1.06. The monoisotopic (exact) mass is 287 g/mol. The maximum atomic E-state index is 12.8. The van der Waals surface area contributed by atoms with Gasteiger partial charge in [0, 0.05) is 13.6 Å². The number of ether oxygens (including phenoxy) is 1. The van der Waals surface area contributed by atoms with E-state index in [-0.39, 0.29) is 11.7 Å². The van der Waals surface area contributed by atoms with E-state index in [1.54, 1.807) is 18.9 Å². The zero-order valence-corrected chi connectivity index (χ0v) is 12.1. The highest BCUT2D eigenvalue weighted by molar-refractivity contribution is 5.80. The molecule has 0 bridgehead atoms. The first kappa shape index (κ1) is 15.0. The summed E-state index contributed by atoms with van der Waals surface area (Å²) in [7, 11) is 1.74. The number of carbonyl (C=O) groups is 1. The molecule has 4 heteroatoms. The molecule has 0 saturated carbocycles. The van der Waals surface area contributed by atoms with Crippen molar-refractivity contribution in [2.75, 3.05) is 7.05 Å². The standard InChI is InChI=1S/C17H18FNO2/c1-13(21-16-10-8-15(18)9-11-16)17(20)19(2)12-14-6-4-3-5-7-14/h3-11,13H,12H2,1-2H3. The van der Waals surface area contributed by atoms with E-state index < -0.39 is 6.10 Å². The molecule has 2 rings (SSSR count). The minimum absolute atomic E-state index is 0.122. The van der Waals surface area contributed by atoms with Gasteiger partial charge in [-0.05, 0) is 36.8 Å². The summed E-state index contributed by atoms with van der Waals surface area (Å²) in [4.78, 5) is 13.9. The van der Waals surface area contributed by atoms with Crippen LogP contribution >= 0.6 is 0 Å². The highest BCUT2D eigenvalue weighted by atomic mass is 19.1. The van der Waals surface area contributed by atoms with Crippen LogP contribution in [0.4, 0.5) is 4.39 Å². The number of hydrogen-bond donors (Lipinski definition) is 0. The Morgan fingerprint density at radius 2 is 1.76 bits per heavy atom. The first-order chi connectivity index (χ1) is 10.1. The highest BCUT2D eigenvalue weighted by Gasteiger charge is 2.19. The van der Waals surface area contributed by atoms with Crippen LogP contribution in [0, 0.1) is 5.82 Å². The second-order valence-electron chi connectivity index (χ2n) is 4.89. The van der Waals surface area contributed by atoms with E-state index in [0.717, 1.165) is 5.56 Å². The third-order valence-electron chi connectivity index (χ3n) is 3.11. The van der Waals surface area contributed by atoms with Crippen LogP contribution in [0.5, 0.6) is 5.75 Å². The Morgan fingerprint density at radius 1 is 1.14 bits per heavy atom. The fourth-order valence-electron chi connectivity index (χ4n) is 2.01. The molecule has 0 heterocycles. The van der Waals surface area contributed by atoms with Gasteiger partial charge in [-0.15, -0.1) is 0 Å². The third kappa shape index (κ3) is 4.31. The largest absolute Gasteiger partial charge is 0.481 e. The van der Waals surface area contributed by atoms with Crippen molar-refractivity contribution in [1.82, 2.24) is 4.90 Å². The number of benzene rings is 2. The molecule has 0 aliphatic carbocycles. The van der Waals surface area contributed by atoms with Crippen LogP contribution in [-0.2, 0) is 11.3 Å². The van der Waals surface area contributed by atoms with Crippen LogP contribution in [0.2, 0.25) is 0 Å². The summed E-state index contributed by atoms with van der Waals surface area (Å²) >= 11 is 0. The Bertz CT molecular complexity index is 583. The molecular weight excluding hydrogens is 269 g/mol. The van der Waals surface area contributed by atoms with Gasteiger partial charge in [-0.3, -0.25) is 4.79 Å². The van der Waals surface area contributed by atoms with Gasteiger partial charge in [-0.25, -0.2) is 4.39 Å². The molecule has 1 atom stereocenters. The van der Waals surface area contributed by atoms with E-state index in [4.69, 9.17) is 4.74 Å². The molecule has 21 heavy (non-hydrogen) atoms. The molecule has 110 valence electrons. The smallest absolute Gasteiger partial charge is 0.263 e. The quantitative estimate of drug-likeness (QED) is 0.845. The van der Waals surface area contributed by atoms with Gasteiger partial charge in [0.25, 0.3) is 5.91 Å². The first-order valence-electron chi connectivity index (χ1n) is 6.77. The van der Waals surface area contributed by atoms with Crippen molar-refractivity contribution in [3.8, 4) is 5.75 Å². The van der Waals surface area contributed by atoms with Crippen LogP contribution in [0.15, 0.2) is 54.6 Å². The van der Waals surface area contributed by atoms with Gasteiger partial charge >= 0.3 is 0 Å². The van der Waals surface area contributed by atoms with E-state index in [9.17, 15) is 9.18 Å². The van der Waals surface area contributed by atoms with Crippen molar-refractivity contribution in [1.29, 1.82) is 0 Å². The summed E-state index contributed by atoms with van der Waals surface area (Å²) in [6, 6.07) is 15.4. The van der Waals surface area contributed by atoms with E-state index in [1.165, 1.54) is 24.3 Å². The van der Waals surface area contributed by atoms with E-state index in [2.05, 4.69) is 0 Å². The minimum Gasteiger partial charge on any atom is -0.481 e. The molecular formula is C17H18FNO2. The van der Waals surface area contributed by atoms with Gasteiger partial charge in [0.2, 0.25) is 0 Å². The molecule has 0 aliphatic heterocycles. The lowest BCUT2D eigenvalue weighted by Crippen LogP contribution is -2.37. The van der Waals surface area contributed by atoms with E-state index >= 15 is 0 Å². The lowest BCUT2D eigenvalue weighted by Gasteiger charge is -2.22. The second-order valence-corrected chi connectivity index (χ2v) is 4.89. The van der Waals surface area contributed by atoms with E-state index in [1.807, 2.05) is 30.3 Å². The number of amides is 1. The lowest BCUT2D eigenvalue weighted by atomic mass is 10.2. The van der Waals surface area contributed by atoms with Crippen LogP contribution in [-0.4, -0.2) is 24.0 Å². The predicted octanol–water partition coefficient (Wildman–Crippen LogP) is 3.25. The average molecular weight is 287 g/mol. The molecule has 0 aliphatic rings. The van der Waals surface area contributed by atoms with Crippen molar-refractivity contribution < 1.29 is 13.9 Å².